The van der Waals surface area contributed by atoms with E-state index in [9.17, 15) is 9.90 Å². The highest BCUT2D eigenvalue weighted by Gasteiger charge is 2.43. The first-order chi connectivity index (χ1) is 17.9. The molecule has 0 saturated heterocycles. The topological polar surface area (TPSA) is 55.8 Å². The van der Waals surface area contributed by atoms with Crippen LogP contribution in [0.3, 0.4) is 0 Å². The lowest BCUT2D eigenvalue weighted by Crippen LogP contribution is -2.49. The van der Waals surface area contributed by atoms with Gasteiger partial charge in [-0.1, -0.05) is 107 Å². The molecule has 0 fully saturated rings. The summed E-state index contributed by atoms with van der Waals surface area (Å²) in [4.78, 5) is 11.9. The molecule has 8 atom stereocenters. The third-order valence-electron chi connectivity index (χ3n) is 9.75. The van der Waals surface area contributed by atoms with Gasteiger partial charge >= 0.3 is 0 Å². The highest BCUT2D eigenvalue weighted by molar-refractivity contribution is 6.74. The summed E-state index contributed by atoms with van der Waals surface area (Å²) in [6.45, 7) is 37.7. The first-order valence-corrected chi connectivity index (χ1v) is 21.6. The van der Waals surface area contributed by atoms with Gasteiger partial charge in [0.1, 0.15) is 6.29 Å². The number of hydrogen-bond acceptors (Lipinski definition) is 4. The number of aliphatic hydroxyl groups is 1. The predicted molar refractivity (Wildman–Crippen MR) is 180 cm³/mol. The molecule has 40 heavy (non-hydrogen) atoms. The Morgan fingerprint density at radius 3 is 1.65 bits per heavy atom. The zero-order valence-corrected chi connectivity index (χ0v) is 31.5. The lowest BCUT2D eigenvalue weighted by molar-refractivity contribution is -0.113. The van der Waals surface area contributed by atoms with Crippen LogP contribution in [0.4, 0.5) is 0 Å². The molecule has 0 aliphatic rings. The summed E-state index contributed by atoms with van der Waals surface area (Å²) in [7, 11) is -4.11. The maximum Gasteiger partial charge on any atom is 0.192 e. The van der Waals surface area contributed by atoms with Crippen LogP contribution in [0.2, 0.25) is 36.3 Å². The fraction of sp³-hybridized carbons (Fsp3) is 0.853. The fourth-order valence-corrected chi connectivity index (χ4v) is 7.86. The van der Waals surface area contributed by atoms with Gasteiger partial charge in [0, 0.05) is 17.8 Å². The van der Waals surface area contributed by atoms with E-state index in [1.165, 1.54) is 5.57 Å². The van der Waals surface area contributed by atoms with Gasteiger partial charge in [0.15, 0.2) is 16.6 Å². The van der Waals surface area contributed by atoms with Crippen molar-refractivity contribution in [3.8, 4) is 0 Å². The molecule has 0 heterocycles. The van der Waals surface area contributed by atoms with Gasteiger partial charge in [0.25, 0.3) is 0 Å². The highest BCUT2D eigenvalue weighted by Crippen LogP contribution is 2.42. The average Bonchev–Trinajstić information content (AvgIpc) is 2.81. The Balaban J connectivity index is 6.16. The Labute approximate surface area is 252 Å². The maximum atomic E-state index is 11.9. The van der Waals surface area contributed by atoms with E-state index in [4.69, 9.17) is 8.85 Å². The van der Waals surface area contributed by atoms with Crippen LogP contribution < -0.4 is 0 Å². The van der Waals surface area contributed by atoms with Crippen molar-refractivity contribution in [3.63, 3.8) is 0 Å². The minimum atomic E-state index is -2.07. The minimum absolute atomic E-state index is 0.00407. The van der Waals surface area contributed by atoms with Crippen LogP contribution >= 0.6 is 0 Å². The normalized spacial score (nSPS) is 20.5. The van der Waals surface area contributed by atoms with Gasteiger partial charge < -0.3 is 18.8 Å². The van der Waals surface area contributed by atoms with E-state index in [0.717, 1.165) is 19.1 Å². The van der Waals surface area contributed by atoms with Gasteiger partial charge in [-0.3, -0.25) is 0 Å². The summed E-state index contributed by atoms with van der Waals surface area (Å²) in [6, 6.07) is 0. The van der Waals surface area contributed by atoms with Crippen LogP contribution in [-0.4, -0.2) is 46.3 Å². The van der Waals surface area contributed by atoms with Crippen LogP contribution in [0.25, 0.3) is 0 Å². The molecule has 0 rings (SSSR count). The molecule has 6 heteroatoms. The standard InChI is InChI=1S/C34H68O4Si2/c1-18-19-20-25(3)30(36)29(7)32(38-40(16,17)34(11,12)13)27(5)22-24(2)21-26(4)31(28(6)23-35)37-39(14,15)33(8,9)10/h19-21,23,25-32,36H,18,22H2,1-17H3/b20-19-,24-21-/t25?,26-,27-,28?,29+,30-,31+,32+/m0/s1. The molecule has 0 aromatic rings. The van der Waals surface area contributed by atoms with Crippen molar-refractivity contribution in [1.82, 2.24) is 0 Å². The molecule has 4 nitrogen and oxygen atoms in total. The number of aliphatic hydroxyl groups excluding tert-OH is 1. The van der Waals surface area contributed by atoms with Gasteiger partial charge in [-0.05, 0) is 67.9 Å². The van der Waals surface area contributed by atoms with Crippen LogP contribution in [0.1, 0.15) is 103 Å². The molecule has 0 spiro atoms. The SMILES string of the molecule is CC/C=C\C(C)[C@H](O)[C@@H](C)[C@H](O[Si](C)(C)C(C)(C)C)[C@@H](C)C/C(C)=C\[C@H](C)[C@@H](O[Si](C)(C)C(C)(C)C)C(C)C=O. The Bertz CT molecular complexity index is 819. The molecule has 0 aliphatic heterocycles. The number of allylic oxidation sites excluding steroid dienone is 2. The number of carbonyl (C=O) groups excluding carboxylic acids is 1. The second-order valence-corrected chi connectivity index (χ2v) is 25.3. The van der Waals surface area contributed by atoms with Crippen molar-refractivity contribution < 1.29 is 18.8 Å². The molecule has 2 unspecified atom stereocenters. The minimum Gasteiger partial charge on any atom is -0.413 e. The van der Waals surface area contributed by atoms with Crippen LogP contribution in [-0.2, 0) is 13.6 Å². The Morgan fingerprint density at radius 1 is 0.800 bits per heavy atom. The molecular weight excluding hydrogens is 529 g/mol. The smallest absolute Gasteiger partial charge is 0.192 e. The first kappa shape index (κ1) is 39.5. The van der Waals surface area contributed by atoms with Crippen molar-refractivity contribution >= 4 is 22.9 Å². The highest BCUT2D eigenvalue weighted by atomic mass is 28.4. The van der Waals surface area contributed by atoms with Gasteiger partial charge in [-0.15, -0.1) is 0 Å². The molecule has 0 aliphatic carbocycles. The summed E-state index contributed by atoms with van der Waals surface area (Å²) in [5.41, 5.74) is 1.28. The maximum absolute atomic E-state index is 11.9. The molecule has 0 bridgehead atoms. The lowest BCUT2D eigenvalue weighted by atomic mass is 9.81. The van der Waals surface area contributed by atoms with Crippen molar-refractivity contribution in [1.29, 1.82) is 0 Å². The molecule has 0 aromatic heterocycles. The molecule has 1 N–H and O–H groups in total. The largest absolute Gasteiger partial charge is 0.413 e. The molecule has 0 aromatic carbocycles. The molecular formula is C34H68O4Si2. The van der Waals surface area contributed by atoms with Gasteiger partial charge in [0.05, 0.1) is 18.3 Å². The first-order valence-electron chi connectivity index (χ1n) is 15.8. The van der Waals surface area contributed by atoms with Crippen LogP contribution in [0, 0.1) is 29.6 Å². The van der Waals surface area contributed by atoms with Gasteiger partial charge in [-0.25, -0.2) is 0 Å². The lowest BCUT2D eigenvalue weighted by Gasteiger charge is -2.44. The average molecular weight is 597 g/mol. The van der Waals surface area contributed by atoms with Crippen molar-refractivity contribution in [3.05, 3.63) is 23.8 Å². The second kappa shape index (κ2) is 15.8. The fourth-order valence-electron chi connectivity index (χ4n) is 4.92. The number of hydrogen-bond donors (Lipinski definition) is 1. The summed E-state index contributed by atoms with van der Waals surface area (Å²) in [5.74, 6) is 0.238. The van der Waals surface area contributed by atoms with Gasteiger partial charge in [-0.2, -0.15) is 0 Å². The Hall–Kier alpha value is -0.536. The molecule has 0 radical (unpaired) electrons. The predicted octanol–water partition coefficient (Wildman–Crippen LogP) is 9.81. The summed E-state index contributed by atoms with van der Waals surface area (Å²) < 4.78 is 13.9. The van der Waals surface area contributed by atoms with Crippen molar-refractivity contribution in [2.75, 3.05) is 0 Å². The van der Waals surface area contributed by atoms with E-state index >= 15 is 0 Å². The molecule has 236 valence electrons. The number of carbonyl (C=O) groups is 1. The summed E-state index contributed by atoms with van der Waals surface area (Å²) >= 11 is 0. The van der Waals surface area contributed by atoms with Crippen molar-refractivity contribution in [2.24, 2.45) is 29.6 Å². The number of aldehydes is 1. The van der Waals surface area contributed by atoms with E-state index in [-0.39, 0.29) is 51.9 Å². The molecule has 0 saturated carbocycles. The van der Waals surface area contributed by atoms with E-state index < -0.39 is 22.7 Å². The zero-order chi connectivity index (χ0) is 31.9. The number of rotatable bonds is 16. The van der Waals surface area contributed by atoms with E-state index in [1.807, 2.05) is 6.92 Å². The van der Waals surface area contributed by atoms with Crippen molar-refractivity contribution in [2.45, 2.75) is 157 Å². The van der Waals surface area contributed by atoms with Gasteiger partial charge in [0.2, 0.25) is 0 Å². The second-order valence-electron chi connectivity index (χ2n) is 15.8. The third kappa shape index (κ3) is 11.6. The quantitative estimate of drug-likeness (QED) is 0.109. The Morgan fingerprint density at radius 2 is 1.25 bits per heavy atom. The molecule has 0 amide bonds. The van der Waals surface area contributed by atoms with Crippen LogP contribution in [0.15, 0.2) is 23.8 Å². The summed E-state index contributed by atoms with van der Waals surface area (Å²) in [5, 5.41) is 11.5. The Kier molecular flexibility index (Phi) is 15.6. The monoisotopic (exact) mass is 596 g/mol. The third-order valence-corrected chi connectivity index (χ3v) is 18.7. The zero-order valence-electron chi connectivity index (χ0n) is 29.5. The van der Waals surface area contributed by atoms with E-state index in [0.29, 0.717) is 0 Å². The van der Waals surface area contributed by atoms with Crippen LogP contribution in [0.5, 0.6) is 0 Å². The van der Waals surface area contributed by atoms with E-state index in [2.05, 4.69) is 128 Å². The summed E-state index contributed by atoms with van der Waals surface area (Å²) in [6.07, 6.45) is 8.81. The van der Waals surface area contributed by atoms with E-state index in [1.54, 1.807) is 0 Å².